The maximum absolute atomic E-state index is 5.80. The van der Waals surface area contributed by atoms with Gasteiger partial charge in [0.1, 0.15) is 0 Å². The topological polar surface area (TPSA) is 32.5 Å². The van der Waals surface area contributed by atoms with Gasteiger partial charge in [0.2, 0.25) is 0 Å². The Kier molecular flexibility index (Phi) is 5.45. The van der Waals surface area contributed by atoms with Crippen LogP contribution >= 0.6 is 0 Å². The number of rotatable bonds is 6. The van der Waals surface area contributed by atoms with Crippen LogP contribution in [0.4, 0.5) is 5.69 Å². The van der Waals surface area contributed by atoms with Gasteiger partial charge in [0, 0.05) is 25.8 Å². The molecule has 0 spiro atoms. The highest BCUT2D eigenvalue weighted by molar-refractivity contribution is 5.58. The molecule has 96 valence electrons. The Morgan fingerprint density at radius 2 is 1.82 bits per heavy atom. The summed E-state index contributed by atoms with van der Waals surface area (Å²) in [6.07, 6.45) is 1.17. The van der Waals surface area contributed by atoms with E-state index in [9.17, 15) is 0 Å². The number of hydrogen-bond donors (Lipinski definition) is 1. The Hall–Kier alpha value is -1.06. The van der Waals surface area contributed by atoms with Crippen LogP contribution in [0.15, 0.2) is 18.2 Å². The molecule has 0 aliphatic heterocycles. The molecule has 0 aliphatic rings. The minimum Gasteiger partial charge on any atom is -0.374 e. The molecule has 0 radical (unpaired) electrons. The summed E-state index contributed by atoms with van der Waals surface area (Å²) >= 11 is 0. The van der Waals surface area contributed by atoms with Crippen molar-refractivity contribution in [1.82, 2.24) is 4.90 Å². The molecular weight excluding hydrogens is 210 g/mol. The Bertz CT molecular complexity index is 347. The van der Waals surface area contributed by atoms with E-state index < -0.39 is 0 Å². The summed E-state index contributed by atoms with van der Waals surface area (Å²) in [7, 11) is 6.37. The fourth-order valence-corrected chi connectivity index (χ4v) is 2.17. The Labute approximate surface area is 105 Å². The van der Waals surface area contributed by atoms with Gasteiger partial charge in [-0.1, -0.05) is 18.2 Å². The van der Waals surface area contributed by atoms with E-state index in [1.807, 2.05) is 0 Å². The summed E-state index contributed by atoms with van der Waals surface area (Å²) in [5.41, 5.74) is 9.64. The third-order valence-corrected chi connectivity index (χ3v) is 3.02. The van der Waals surface area contributed by atoms with Gasteiger partial charge in [-0.2, -0.15) is 0 Å². The number of nitrogens with two attached hydrogens (primary N) is 1. The summed E-state index contributed by atoms with van der Waals surface area (Å²) in [5.74, 6) is 0. The van der Waals surface area contributed by atoms with Crippen LogP contribution in [0.25, 0.3) is 0 Å². The number of benzene rings is 1. The van der Waals surface area contributed by atoms with Gasteiger partial charge in [0.15, 0.2) is 0 Å². The second-order valence-electron chi connectivity index (χ2n) is 4.87. The van der Waals surface area contributed by atoms with Gasteiger partial charge < -0.3 is 15.5 Å². The van der Waals surface area contributed by atoms with E-state index in [-0.39, 0.29) is 0 Å². The lowest BCUT2D eigenvalue weighted by atomic mass is 10.1. The summed E-state index contributed by atoms with van der Waals surface area (Å²) in [6, 6.07) is 6.34. The van der Waals surface area contributed by atoms with E-state index in [4.69, 9.17) is 5.73 Å². The van der Waals surface area contributed by atoms with E-state index >= 15 is 0 Å². The van der Waals surface area contributed by atoms with Gasteiger partial charge in [-0.05, 0) is 45.1 Å². The van der Waals surface area contributed by atoms with Crippen molar-refractivity contribution in [3.63, 3.8) is 0 Å². The van der Waals surface area contributed by atoms with Gasteiger partial charge in [0.05, 0.1) is 0 Å². The molecule has 2 N–H and O–H groups in total. The molecule has 3 heteroatoms. The van der Waals surface area contributed by atoms with Gasteiger partial charge in [-0.15, -0.1) is 0 Å². The van der Waals surface area contributed by atoms with E-state index in [0.717, 1.165) is 13.1 Å². The van der Waals surface area contributed by atoms with Crippen molar-refractivity contribution in [2.24, 2.45) is 5.73 Å². The minimum atomic E-state index is 0.606. The third kappa shape index (κ3) is 4.02. The van der Waals surface area contributed by atoms with Gasteiger partial charge in [-0.3, -0.25) is 0 Å². The smallest absolute Gasteiger partial charge is 0.0438 e. The molecule has 0 fully saturated rings. The molecule has 0 saturated carbocycles. The molecule has 1 aromatic carbocycles. The molecule has 0 heterocycles. The second kappa shape index (κ2) is 6.62. The van der Waals surface area contributed by atoms with Crippen molar-refractivity contribution < 1.29 is 0 Å². The predicted molar refractivity (Wildman–Crippen MR) is 75.5 cm³/mol. The van der Waals surface area contributed by atoms with Crippen LogP contribution in [0.5, 0.6) is 0 Å². The molecule has 17 heavy (non-hydrogen) atoms. The third-order valence-electron chi connectivity index (χ3n) is 3.02. The number of para-hydroxylation sites is 1. The summed E-state index contributed by atoms with van der Waals surface area (Å²) in [6.45, 7) is 4.94. The zero-order valence-corrected chi connectivity index (χ0v) is 11.5. The molecule has 0 unspecified atom stereocenters. The summed E-state index contributed by atoms with van der Waals surface area (Å²) in [4.78, 5) is 4.54. The molecule has 0 atom stereocenters. The van der Waals surface area contributed by atoms with Crippen LogP contribution < -0.4 is 10.6 Å². The van der Waals surface area contributed by atoms with Gasteiger partial charge >= 0.3 is 0 Å². The molecule has 0 saturated heterocycles. The molecule has 0 aliphatic carbocycles. The van der Waals surface area contributed by atoms with Crippen LogP contribution in [0.1, 0.15) is 17.5 Å². The molecule has 0 aromatic heterocycles. The zero-order valence-electron chi connectivity index (χ0n) is 11.5. The Morgan fingerprint density at radius 3 is 2.41 bits per heavy atom. The highest BCUT2D eigenvalue weighted by atomic mass is 15.1. The lowest BCUT2D eigenvalue weighted by Gasteiger charge is -2.25. The van der Waals surface area contributed by atoms with Gasteiger partial charge in [0.25, 0.3) is 0 Å². The summed E-state index contributed by atoms with van der Waals surface area (Å²) in [5, 5.41) is 0. The standard InChI is InChI=1S/C14H25N3/c1-12-7-5-8-13(11-15)14(12)17(4)10-6-9-16(2)3/h5,7-8H,6,9-11,15H2,1-4H3. The van der Waals surface area contributed by atoms with E-state index in [0.29, 0.717) is 6.54 Å². The van der Waals surface area contributed by atoms with Crippen molar-refractivity contribution in [1.29, 1.82) is 0 Å². The van der Waals surface area contributed by atoms with Crippen LogP contribution in [0.2, 0.25) is 0 Å². The van der Waals surface area contributed by atoms with E-state index in [1.54, 1.807) is 0 Å². The fourth-order valence-electron chi connectivity index (χ4n) is 2.17. The fraction of sp³-hybridized carbons (Fsp3) is 0.571. The number of anilines is 1. The molecule has 0 amide bonds. The quantitative estimate of drug-likeness (QED) is 0.816. The maximum Gasteiger partial charge on any atom is 0.0438 e. The molecule has 1 rings (SSSR count). The predicted octanol–water partition coefficient (Wildman–Crippen LogP) is 1.84. The lowest BCUT2D eigenvalue weighted by Crippen LogP contribution is -2.25. The molecular formula is C14H25N3. The molecule has 1 aromatic rings. The minimum absolute atomic E-state index is 0.606. The van der Waals surface area contributed by atoms with Crippen LogP contribution in [-0.4, -0.2) is 39.1 Å². The first-order chi connectivity index (χ1) is 8.06. The van der Waals surface area contributed by atoms with Crippen LogP contribution in [-0.2, 0) is 6.54 Å². The van der Waals surface area contributed by atoms with Crippen molar-refractivity contribution in [3.8, 4) is 0 Å². The maximum atomic E-state index is 5.80. The van der Waals surface area contributed by atoms with Crippen molar-refractivity contribution >= 4 is 5.69 Å². The van der Waals surface area contributed by atoms with Crippen molar-refractivity contribution in [2.75, 3.05) is 39.1 Å². The molecule has 3 nitrogen and oxygen atoms in total. The normalized spacial score (nSPS) is 10.9. The summed E-state index contributed by atoms with van der Waals surface area (Å²) < 4.78 is 0. The second-order valence-corrected chi connectivity index (χ2v) is 4.87. The Morgan fingerprint density at radius 1 is 1.12 bits per heavy atom. The first kappa shape index (κ1) is 14.0. The number of aryl methyl sites for hydroxylation is 1. The lowest BCUT2D eigenvalue weighted by molar-refractivity contribution is 0.401. The monoisotopic (exact) mass is 235 g/mol. The number of hydrogen-bond acceptors (Lipinski definition) is 3. The van der Waals surface area contributed by atoms with Crippen molar-refractivity contribution in [3.05, 3.63) is 29.3 Å². The largest absolute Gasteiger partial charge is 0.374 e. The SMILES string of the molecule is Cc1cccc(CN)c1N(C)CCCN(C)C. The van der Waals surface area contributed by atoms with Crippen LogP contribution in [0, 0.1) is 6.92 Å². The highest BCUT2D eigenvalue weighted by Gasteiger charge is 2.08. The number of nitrogens with zero attached hydrogens (tertiary/aromatic N) is 2. The van der Waals surface area contributed by atoms with Crippen molar-refractivity contribution in [2.45, 2.75) is 19.9 Å². The highest BCUT2D eigenvalue weighted by Crippen LogP contribution is 2.23. The first-order valence-corrected chi connectivity index (χ1v) is 6.20. The van der Waals surface area contributed by atoms with Crippen LogP contribution in [0.3, 0.4) is 0 Å². The molecule has 0 bridgehead atoms. The van der Waals surface area contributed by atoms with Gasteiger partial charge in [-0.25, -0.2) is 0 Å². The first-order valence-electron chi connectivity index (χ1n) is 6.20. The average molecular weight is 235 g/mol. The average Bonchev–Trinajstić information content (AvgIpc) is 2.27. The zero-order chi connectivity index (χ0) is 12.8. The van der Waals surface area contributed by atoms with E-state index in [1.165, 1.54) is 23.2 Å². The van der Waals surface area contributed by atoms with E-state index in [2.05, 4.69) is 56.1 Å². The Balaban J connectivity index is 2.70.